The molecule has 0 bridgehead atoms. The number of aliphatic hydroxyl groups is 1. The molecule has 1 aromatic rings. The summed E-state index contributed by atoms with van der Waals surface area (Å²) in [6.07, 6.45) is 7.82. The summed E-state index contributed by atoms with van der Waals surface area (Å²) in [7, 11) is 0. The van der Waals surface area contributed by atoms with Gasteiger partial charge in [0.15, 0.2) is 0 Å². The van der Waals surface area contributed by atoms with Crippen LogP contribution in [0.5, 0.6) is 0 Å². The third kappa shape index (κ3) is 2.95. The van der Waals surface area contributed by atoms with Gasteiger partial charge in [0.25, 0.3) is 0 Å². The second-order valence-corrected chi connectivity index (χ2v) is 7.17. The normalized spacial score (nSPS) is 27.4. The molecule has 2 aliphatic rings. The van der Waals surface area contributed by atoms with Gasteiger partial charge >= 0.3 is 0 Å². The van der Waals surface area contributed by atoms with Crippen LogP contribution >= 0.6 is 15.9 Å². The number of ether oxygens (including phenoxy) is 1. The first kappa shape index (κ1) is 14.6. The van der Waals surface area contributed by atoms with Crippen molar-refractivity contribution in [2.24, 2.45) is 5.92 Å². The maximum atomic E-state index is 10.8. The van der Waals surface area contributed by atoms with E-state index >= 15 is 0 Å². The van der Waals surface area contributed by atoms with E-state index < -0.39 is 0 Å². The predicted molar refractivity (Wildman–Crippen MR) is 83.6 cm³/mol. The van der Waals surface area contributed by atoms with Crippen molar-refractivity contribution in [3.8, 4) is 0 Å². The largest absolute Gasteiger partial charge is 0.388 e. The average molecular weight is 339 g/mol. The zero-order valence-corrected chi connectivity index (χ0v) is 13.4. The molecule has 0 aromatic heterocycles. The van der Waals surface area contributed by atoms with Gasteiger partial charge in [-0.2, -0.15) is 0 Å². The smallest absolute Gasteiger partial charge is 0.0831 e. The molecule has 1 heterocycles. The molecule has 0 radical (unpaired) electrons. The maximum absolute atomic E-state index is 10.8. The van der Waals surface area contributed by atoms with Crippen molar-refractivity contribution in [1.29, 1.82) is 0 Å². The molecule has 110 valence electrons. The van der Waals surface area contributed by atoms with Gasteiger partial charge < -0.3 is 9.84 Å². The molecule has 1 aliphatic carbocycles. The van der Waals surface area contributed by atoms with Gasteiger partial charge in [-0.25, -0.2) is 0 Å². The molecule has 3 heteroatoms. The molecule has 2 fully saturated rings. The third-order valence-corrected chi connectivity index (χ3v) is 5.69. The Hall–Kier alpha value is -0.380. The fraction of sp³-hybridized carbons (Fsp3) is 0.647. The lowest BCUT2D eigenvalue weighted by Crippen LogP contribution is -2.42. The number of hydrogen-bond acceptors (Lipinski definition) is 2. The molecule has 2 atom stereocenters. The van der Waals surface area contributed by atoms with E-state index in [1.807, 2.05) is 24.3 Å². The van der Waals surface area contributed by atoms with Crippen molar-refractivity contribution >= 4 is 15.9 Å². The Morgan fingerprint density at radius 1 is 1.20 bits per heavy atom. The Morgan fingerprint density at radius 3 is 2.70 bits per heavy atom. The van der Waals surface area contributed by atoms with Crippen LogP contribution in [-0.2, 0) is 4.74 Å². The Balaban J connectivity index is 1.75. The van der Waals surface area contributed by atoms with Crippen molar-refractivity contribution in [3.05, 3.63) is 34.3 Å². The second-order valence-electron chi connectivity index (χ2n) is 6.31. The molecule has 20 heavy (non-hydrogen) atoms. The highest BCUT2D eigenvalue weighted by Gasteiger charge is 2.40. The first-order chi connectivity index (χ1) is 9.70. The predicted octanol–water partition coefficient (Wildman–Crippen LogP) is 4.61. The lowest BCUT2D eigenvalue weighted by molar-refractivity contribution is -0.134. The van der Waals surface area contributed by atoms with Crippen molar-refractivity contribution in [3.63, 3.8) is 0 Å². The second kappa shape index (κ2) is 6.17. The minimum absolute atomic E-state index is 0.0589. The summed E-state index contributed by atoms with van der Waals surface area (Å²) in [5.74, 6) is 0.320. The molecule has 1 spiro atoms. The monoisotopic (exact) mass is 338 g/mol. The first-order valence-corrected chi connectivity index (χ1v) is 8.56. The molecule has 1 N–H and O–H groups in total. The molecular weight excluding hydrogens is 316 g/mol. The summed E-state index contributed by atoms with van der Waals surface area (Å²) in [5, 5.41) is 10.8. The standard InChI is InChI=1S/C17H23BrO2/c18-15-7-3-2-6-14(15)16(19)13-8-11-20-17(12-13)9-4-1-5-10-17/h2-3,6-7,13,16,19H,1,4-5,8-12H2. The summed E-state index contributed by atoms with van der Waals surface area (Å²) < 4.78 is 7.14. The van der Waals surface area contributed by atoms with E-state index in [1.165, 1.54) is 32.1 Å². The molecule has 1 saturated heterocycles. The fourth-order valence-electron chi connectivity index (χ4n) is 3.85. The van der Waals surface area contributed by atoms with E-state index in [4.69, 9.17) is 4.74 Å². The Morgan fingerprint density at radius 2 is 1.95 bits per heavy atom. The van der Waals surface area contributed by atoms with Crippen LogP contribution in [-0.4, -0.2) is 17.3 Å². The average Bonchev–Trinajstić information content (AvgIpc) is 2.48. The molecule has 3 rings (SSSR count). The van der Waals surface area contributed by atoms with E-state index in [2.05, 4.69) is 15.9 Å². The number of hydrogen-bond donors (Lipinski definition) is 1. The van der Waals surface area contributed by atoms with Crippen LogP contribution in [0.2, 0.25) is 0 Å². The number of rotatable bonds is 2. The number of halogens is 1. The quantitative estimate of drug-likeness (QED) is 0.852. The third-order valence-electron chi connectivity index (χ3n) is 4.97. The molecule has 2 unspecified atom stereocenters. The summed E-state index contributed by atoms with van der Waals surface area (Å²) >= 11 is 3.56. The van der Waals surface area contributed by atoms with Gasteiger partial charge in [-0.15, -0.1) is 0 Å². The van der Waals surface area contributed by atoms with Crippen LogP contribution in [0.3, 0.4) is 0 Å². The molecule has 2 nitrogen and oxygen atoms in total. The summed E-state index contributed by atoms with van der Waals surface area (Å²) in [4.78, 5) is 0. The maximum Gasteiger partial charge on any atom is 0.0831 e. The SMILES string of the molecule is OC(c1ccccc1Br)C1CCOC2(CCCCC2)C1. The minimum atomic E-state index is -0.381. The lowest BCUT2D eigenvalue weighted by atomic mass is 9.74. The molecule has 1 saturated carbocycles. The summed E-state index contributed by atoms with van der Waals surface area (Å²) in [6, 6.07) is 8.03. The van der Waals surface area contributed by atoms with Gasteiger partial charge in [0, 0.05) is 11.1 Å². The van der Waals surface area contributed by atoms with E-state index in [9.17, 15) is 5.11 Å². The van der Waals surface area contributed by atoms with Gasteiger partial charge in [0.05, 0.1) is 11.7 Å². The topological polar surface area (TPSA) is 29.5 Å². The van der Waals surface area contributed by atoms with Gasteiger partial charge in [-0.1, -0.05) is 53.4 Å². The summed E-state index contributed by atoms with van der Waals surface area (Å²) in [6.45, 7) is 0.798. The van der Waals surface area contributed by atoms with Gasteiger partial charge in [0.1, 0.15) is 0 Å². The fourth-order valence-corrected chi connectivity index (χ4v) is 4.37. The minimum Gasteiger partial charge on any atom is -0.388 e. The van der Waals surface area contributed by atoms with Crippen LogP contribution in [0.1, 0.15) is 56.6 Å². The zero-order valence-electron chi connectivity index (χ0n) is 11.9. The Kier molecular flexibility index (Phi) is 4.49. The highest BCUT2D eigenvalue weighted by atomic mass is 79.9. The van der Waals surface area contributed by atoms with Crippen LogP contribution < -0.4 is 0 Å². The zero-order chi connectivity index (χ0) is 14.0. The Bertz CT molecular complexity index is 449. The van der Waals surface area contributed by atoms with Crippen LogP contribution in [0.15, 0.2) is 28.7 Å². The van der Waals surface area contributed by atoms with Gasteiger partial charge in [-0.05, 0) is 43.2 Å². The molecule has 1 aliphatic heterocycles. The summed E-state index contributed by atoms with van der Waals surface area (Å²) in [5.41, 5.74) is 1.08. The van der Waals surface area contributed by atoms with E-state index in [0.29, 0.717) is 5.92 Å². The van der Waals surface area contributed by atoms with Crippen LogP contribution in [0, 0.1) is 5.92 Å². The molecule has 1 aromatic carbocycles. The van der Waals surface area contributed by atoms with Crippen LogP contribution in [0.4, 0.5) is 0 Å². The molecular formula is C17H23BrO2. The molecule has 0 amide bonds. The van der Waals surface area contributed by atoms with Crippen molar-refractivity contribution in [1.82, 2.24) is 0 Å². The van der Waals surface area contributed by atoms with Gasteiger partial charge in [-0.3, -0.25) is 0 Å². The van der Waals surface area contributed by atoms with Crippen LogP contribution in [0.25, 0.3) is 0 Å². The lowest BCUT2D eigenvalue weighted by Gasteiger charge is -2.44. The van der Waals surface area contributed by atoms with E-state index in [1.54, 1.807) is 0 Å². The Labute approximate surface area is 129 Å². The number of aliphatic hydroxyl groups excluding tert-OH is 1. The van der Waals surface area contributed by atoms with Crippen molar-refractivity contribution in [2.75, 3.05) is 6.61 Å². The first-order valence-electron chi connectivity index (χ1n) is 7.77. The van der Waals surface area contributed by atoms with Gasteiger partial charge in [0.2, 0.25) is 0 Å². The highest BCUT2D eigenvalue weighted by Crippen LogP contribution is 2.44. The number of benzene rings is 1. The van der Waals surface area contributed by atoms with E-state index in [0.717, 1.165) is 29.5 Å². The highest BCUT2D eigenvalue weighted by molar-refractivity contribution is 9.10. The van der Waals surface area contributed by atoms with Crippen molar-refractivity contribution in [2.45, 2.75) is 56.7 Å². The van der Waals surface area contributed by atoms with Crippen molar-refractivity contribution < 1.29 is 9.84 Å². The van der Waals surface area contributed by atoms with E-state index in [-0.39, 0.29) is 11.7 Å².